The smallest absolute Gasteiger partial charge is 0.307 e. The first-order valence-corrected chi connectivity index (χ1v) is 7.87. The Labute approximate surface area is 134 Å². The predicted molar refractivity (Wildman–Crippen MR) is 83.5 cm³/mol. The lowest BCUT2D eigenvalue weighted by Crippen LogP contribution is -2.40. The number of nitrogens with one attached hydrogen (secondary N) is 1. The number of carbonyl (C=O) groups is 2. The summed E-state index contributed by atoms with van der Waals surface area (Å²) in [5.74, 6) is -1.96. The Morgan fingerprint density at radius 3 is 2.64 bits per heavy atom. The molecule has 0 spiro atoms. The summed E-state index contributed by atoms with van der Waals surface area (Å²) in [6.07, 6.45) is 5.40. The molecule has 4 atom stereocenters. The Hall–Kier alpha value is -1.81. The fraction of sp³-hybridized carbons (Fsp3) is 0.412. The molecule has 0 heterocycles. The van der Waals surface area contributed by atoms with E-state index in [1.54, 1.807) is 0 Å². The first-order valence-electron chi connectivity index (χ1n) is 7.49. The van der Waals surface area contributed by atoms with Gasteiger partial charge in [-0.3, -0.25) is 9.59 Å². The van der Waals surface area contributed by atoms with E-state index >= 15 is 0 Å². The lowest BCUT2D eigenvalue weighted by Gasteiger charge is -2.23. The number of carbonyl (C=O) groups excluding carboxylic acids is 1. The Balaban J connectivity index is 1.58. The van der Waals surface area contributed by atoms with Crippen LogP contribution in [0, 0.1) is 23.7 Å². The minimum Gasteiger partial charge on any atom is -0.481 e. The summed E-state index contributed by atoms with van der Waals surface area (Å²) >= 11 is 5.93. The Morgan fingerprint density at radius 2 is 1.95 bits per heavy atom. The molecule has 3 rings (SSSR count). The lowest BCUT2D eigenvalue weighted by atomic mass is 9.82. The van der Waals surface area contributed by atoms with E-state index in [0.717, 1.165) is 12.0 Å². The molecule has 2 aliphatic carbocycles. The molecule has 2 N–H and O–H groups in total. The van der Waals surface area contributed by atoms with Crippen LogP contribution in [0.4, 0.5) is 0 Å². The van der Waals surface area contributed by atoms with E-state index in [0.29, 0.717) is 18.0 Å². The van der Waals surface area contributed by atoms with Crippen molar-refractivity contribution >= 4 is 23.5 Å². The largest absolute Gasteiger partial charge is 0.481 e. The normalized spacial score (nSPS) is 28.8. The lowest BCUT2D eigenvalue weighted by molar-refractivity contribution is -0.147. The van der Waals surface area contributed by atoms with Crippen LogP contribution in [0.25, 0.3) is 0 Å². The first kappa shape index (κ1) is 15.1. The molecule has 1 amide bonds. The predicted octanol–water partition coefficient (Wildman–Crippen LogP) is 2.52. The maximum absolute atomic E-state index is 12.4. The van der Waals surface area contributed by atoms with Crippen LogP contribution < -0.4 is 5.32 Å². The van der Waals surface area contributed by atoms with Gasteiger partial charge in [0.25, 0.3) is 0 Å². The summed E-state index contributed by atoms with van der Waals surface area (Å²) in [6, 6.07) is 7.51. The SMILES string of the molecule is O=C(O)[C@H]1[C@H](C(=O)NCCc2cccc(Cl)c2)[C@H]2C=C[C@H]1C2. The van der Waals surface area contributed by atoms with E-state index in [-0.39, 0.29) is 17.7 Å². The molecular weight excluding hydrogens is 302 g/mol. The molecule has 0 aliphatic heterocycles. The number of benzene rings is 1. The fourth-order valence-corrected chi connectivity index (χ4v) is 3.87. The summed E-state index contributed by atoms with van der Waals surface area (Å²) in [4.78, 5) is 23.8. The van der Waals surface area contributed by atoms with Crippen LogP contribution in [0.5, 0.6) is 0 Å². The van der Waals surface area contributed by atoms with Crippen LogP contribution >= 0.6 is 11.6 Å². The van der Waals surface area contributed by atoms with E-state index in [1.165, 1.54) is 0 Å². The van der Waals surface area contributed by atoms with Crippen LogP contribution in [0.2, 0.25) is 5.02 Å². The van der Waals surface area contributed by atoms with Crippen LogP contribution in [-0.2, 0) is 16.0 Å². The number of allylic oxidation sites excluding steroid dienone is 2. The Bertz CT molecular complexity index is 628. The molecule has 0 radical (unpaired) electrons. The van der Waals surface area contributed by atoms with Gasteiger partial charge in [0, 0.05) is 11.6 Å². The van der Waals surface area contributed by atoms with Crippen molar-refractivity contribution in [2.45, 2.75) is 12.8 Å². The maximum Gasteiger partial charge on any atom is 0.307 e. The molecule has 1 aromatic rings. The van der Waals surface area contributed by atoms with Crippen molar-refractivity contribution in [3.63, 3.8) is 0 Å². The first-order chi connectivity index (χ1) is 10.6. The zero-order valence-corrected chi connectivity index (χ0v) is 12.8. The van der Waals surface area contributed by atoms with Gasteiger partial charge in [0.15, 0.2) is 0 Å². The van der Waals surface area contributed by atoms with Gasteiger partial charge in [0.1, 0.15) is 0 Å². The molecular formula is C17H18ClNO3. The summed E-state index contributed by atoms with van der Waals surface area (Å²) in [5.41, 5.74) is 1.05. The highest BCUT2D eigenvalue weighted by Crippen LogP contribution is 2.48. The molecule has 1 saturated carbocycles. The summed E-state index contributed by atoms with van der Waals surface area (Å²) in [7, 11) is 0. The van der Waals surface area contributed by atoms with Gasteiger partial charge in [0.05, 0.1) is 11.8 Å². The maximum atomic E-state index is 12.4. The number of rotatable bonds is 5. The molecule has 0 unspecified atom stereocenters. The van der Waals surface area contributed by atoms with Crippen molar-refractivity contribution in [2.24, 2.45) is 23.7 Å². The number of halogens is 1. The number of carboxylic acid groups (broad SMARTS) is 1. The molecule has 0 saturated heterocycles. The Kier molecular flexibility index (Phi) is 4.21. The third kappa shape index (κ3) is 2.88. The molecule has 2 aliphatic rings. The zero-order valence-electron chi connectivity index (χ0n) is 12.0. The minimum atomic E-state index is -0.869. The number of amides is 1. The second kappa shape index (κ2) is 6.13. The van der Waals surface area contributed by atoms with Crippen LogP contribution in [0.1, 0.15) is 12.0 Å². The fourth-order valence-electron chi connectivity index (χ4n) is 3.66. The van der Waals surface area contributed by atoms with E-state index in [1.807, 2.05) is 36.4 Å². The van der Waals surface area contributed by atoms with Gasteiger partial charge in [-0.15, -0.1) is 0 Å². The average molecular weight is 320 g/mol. The van der Waals surface area contributed by atoms with Crippen molar-refractivity contribution in [3.8, 4) is 0 Å². The molecule has 2 bridgehead atoms. The van der Waals surface area contributed by atoms with Gasteiger partial charge in [-0.05, 0) is 42.4 Å². The van der Waals surface area contributed by atoms with Crippen LogP contribution in [0.3, 0.4) is 0 Å². The quantitative estimate of drug-likeness (QED) is 0.820. The number of fused-ring (bicyclic) bond motifs is 2. The second-order valence-corrected chi connectivity index (χ2v) is 6.45. The van der Waals surface area contributed by atoms with E-state index < -0.39 is 17.8 Å². The second-order valence-electron chi connectivity index (χ2n) is 6.01. The van der Waals surface area contributed by atoms with Gasteiger partial charge in [-0.25, -0.2) is 0 Å². The molecule has 5 heteroatoms. The number of hydrogen-bond acceptors (Lipinski definition) is 2. The topological polar surface area (TPSA) is 66.4 Å². The van der Waals surface area contributed by atoms with Crippen molar-refractivity contribution in [1.82, 2.24) is 5.32 Å². The molecule has 22 heavy (non-hydrogen) atoms. The number of hydrogen-bond donors (Lipinski definition) is 2. The number of aliphatic carboxylic acids is 1. The van der Waals surface area contributed by atoms with Gasteiger partial charge in [-0.1, -0.05) is 35.9 Å². The summed E-state index contributed by atoms with van der Waals surface area (Å²) < 4.78 is 0. The van der Waals surface area contributed by atoms with Gasteiger partial charge in [-0.2, -0.15) is 0 Å². The molecule has 1 fully saturated rings. The van der Waals surface area contributed by atoms with Crippen LogP contribution in [-0.4, -0.2) is 23.5 Å². The zero-order chi connectivity index (χ0) is 15.7. The van der Waals surface area contributed by atoms with E-state index in [4.69, 9.17) is 11.6 Å². The highest BCUT2D eigenvalue weighted by atomic mass is 35.5. The van der Waals surface area contributed by atoms with E-state index in [9.17, 15) is 14.7 Å². The molecule has 1 aromatic carbocycles. The third-order valence-corrected chi connectivity index (χ3v) is 4.88. The highest BCUT2D eigenvalue weighted by Gasteiger charge is 2.51. The summed E-state index contributed by atoms with van der Waals surface area (Å²) in [6.45, 7) is 0.489. The van der Waals surface area contributed by atoms with E-state index in [2.05, 4.69) is 5.32 Å². The minimum absolute atomic E-state index is 0.00572. The average Bonchev–Trinajstić information content (AvgIpc) is 3.07. The molecule has 4 nitrogen and oxygen atoms in total. The van der Waals surface area contributed by atoms with Crippen molar-refractivity contribution in [1.29, 1.82) is 0 Å². The molecule has 116 valence electrons. The van der Waals surface area contributed by atoms with Gasteiger partial charge < -0.3 is 10.4 Å². The van der Waals surface area contributed by atoms with Crippen molar-refractivity contribution in [3.05, 3.63) is 47.0 Å². The monoisotopic (exact) mass is 319 g/mol. The standard InChI is InChI=1S/C17H18ClNO3/c18-13-3-1-2-10(8-13)6-7-19-16(20)14-11-4-5-12(9-11)15(14)17(21)22/h1-5,8,11-12,14-15H,6-7,9H2,(H,19,20)(H,21,22)/t11-,12-,14+,15+/m0/s1. The number of carboxylic acids is 1. The van der Waals surface area contributed by atoms with Crippen molar-refractivity contribution in [2.75, 3.05) is 6.54 Å². The Morgan fingerprint density at radius 1 is 1.23 bits per heavy atom. The van der Waals surface area contributed by atoms with Crippen LogP contribution in [0.15, 0.2) is 36.4 Å². The van der Waals surface area contributed by atoms with Gasteiger partial charge in [0.2, 0.25) is 5.91 Å². The summed E-state index contributed by atoms with van der Waals surface area (Å²) in [5, 5.41) is 12.9. The van der Waals surface area contributed by atoms with Crippen molar-refractivity contribution < 1.29 is 14.7 Å². The van der Waals surface area contributed by atoms with Gasteiger partial charge >= 0.3 is 5.97 Å². The molecule has 0 aromatic heterocycles. The highest BCUT2D eigenvalue weighted by molar-refractivity contribution is 6.30. The third-order valence-electron chi connectivity index (χ3n) is 4.65.